The molecule has 0 unspecified atom stereocenters. The van der Waals surface area contributed by atoms with Gasteiger partial charge >= 0.3 is 10.1 Å². The fourth-order valence-corrected chi connectivity index (χ4v) is 2.79. The summed E-state index contributed by atoms with van der Waals surface area (Å²) in [6.07, 6.45) is 0. The van der Waals surface area contributed by atoms with Crippen LogP contribution in [0.1, 0.15) is 0 Å². The second kappa shape index (κ2) is 4.04. The Morgan fingerprint density at radius 1 is 1.00 bits per heavy atom. The lowest BCUT2D eigenvalue weighted by Gasteiger charge is -2.03. The number of hydrogen-bond donors (Lipinski definition) is 0. The maximum Gasteiger partial charge on any atom is 0.339 e. The van der Waals surface area contributed by atoms with E-state index in [1.54, 1.807) is 35.7 Å². The molecule has 0 N–H and O–H groups in total. The van der Waals surface area contributed by atoms with Crippen molar-refractivity contribution >= 4 is 21.5 Å². The lowest BCUT2D eigenvalue weighted by Crippen LogP contribution is -2.08. The van der Waals surface area contributed by atoms with Crippen LogP contribution in [0.4, 0.5) is 0 Å². The molecule has 0 saturated heterocycles. The Morgan fingerprint density at radius 2 is 1.73 bits per heavy atom. The van der Waals surface area contributed by atoms with Crippen LogP contribution in [-0.4, -0.2) is 8.42 Å². The number of hydrogen-bond acceptors (Lipinski definition) is 4. The average Bonchev–Trinajstić information content (AvgIpc) is 2.71. The van der Waals surface area contributed by atoms with E-state index < -0.39 is 10.1 Å². The molecule has 0 amide bonds. The maximum atomic E-state index is 11.7. The monoisotopic (exact) mass is 240 g/mol. The molecule has 0 atom stereocenters. The molecular formula is C10H8O3S2. The van der Waals surface area contributed by atoms with Crippen LogP contribution < -0.4 is 4.18 Å². The summed E-state index contributed by atoms with van der Waals surface area (Å²) < 4.78 is 28.3. The fraction of sp³-hybridized carbons (Fsp3) is 0. The van der Waals surface area contributed by atoms with E-state index >= 15 is 0 Å². The molecule has 3 nitrogen and oxygen atoms in total. The molecule has 0 fully saturated rings. The first-order chi connectivity index (χ1) is 7.18. The lowest BCUT2D eigenvalue weighted by atomic mass is 10.4. The van der Waals surface area contributed by atoms with E-state index in [2.05, 4.69) is 0 Å². The highest BCUT2D eigenvalue weighted by atomic mass is 32.2. The van der Waals surface area contributed by atoms with Crippen LogP contribution in [0, 0.1) is 0 Å². The van der Waals surface area contributed by atoms with Crippen molar-refractivity contribution in [2.24, 2.45) is 0 Å². The van der Waals surface area contributed by atoms with Crippen LogP contribution in [0.3, 0.4) is 0 Å². The normalized spacial score (nSPS) is 11.2. The quantitative estimate of drug-likeness (QED) is 0.774. The highest BCUT2D eigenvalue weighted by molar-refractivity contribution is 7.87. The summed E-state index contributed by atoms with van der Waals surface area (Å²) in [7, 11) is -3.67. The van der Waals surface area contributed by atoms with E-state index in [1.165, 1.54) is 23.5 Å². The summed E-state index contributed by atoms with van der Waals surface area (Å²) in [6.45, 7) is 0. The van der Waals surface area contributed by atoms with Crippen molar-refractivity contribution in [3.8, 4) is 5.06 Å². The average molecular weight is 240 g/mol. The first-order valence-corrected chi connectivity index (χ1v) is 6.50. The Hall–Kier alpha value is -1.33. The molecule has 0 aliphatic carbocycles. The molecule has 5 heteroatoms. The van der Waals surface area contributed by atoms with Crippen molar-refractivity contribution in [1.82, 2.24) is 0 Å². The minimum absolute atomic E-state index is 0.165. The van der Waals surface area contributed by atoms with Crippen molar-refractivity contribution < 1.29 is 12.6 Å². The smallest absolute Gasteiger partial charge is 0.339 e. The summed E-state index contributed by atoms with van der Waals surface area (Å²) in [6, 6.07) is 11.4. The van der Waals surface area contributed by atoms with Gasteiger partial charge in [-0.2, -0.15) is 8.42 Å². The molecular weight excluding hydrogens is 232 g/mol. The summed E-state index contributed by atoms with van der Waals surface area (Å²) in [5.41, 5.74) is 0. The maximum absolute atomic E-state index is 11.7. The van der Waals surface area contributed by atoms with E-state index in [0.29, 0.717) is 5.06 Å². The molecule has 2 aromatic rings. The van der Waals surface area contributed by atoms with Gasteiger partial charge in [0.2, 0.25) is 0 Å². The van der Waals surface area contributed by atoms with Gasteiger partial charge in [-0.1, -0.05) is 18.2 Å². The third-order valence-corrected chi connectivity index (χ3v) is 3.82. The molecule has 0 aliphatic heterocycles. The van der Waals surface area contributed by atoms with Gasteiger partial charge in [0.25, 0.3) is 0 Å². The third-order valence-electron chi connectivity index (χ3n) is 1.72. The van der Waals surface area contributed by atoms with Crippen LogP contribution in [0.2, 0.25) is 0 Å². The van der Waals surface area contributed by atoms with E-state index in [4.69, 9.17) is 4.18 Å². The Labute approximate surface area is 92.1 Å². The third kappa shape index (κ3) is 2.37. The SMILES string of the molecule is O=S(=O)(Oc1cccs1)c1ccccc1. The van der Waals surface area contributed by atoms with Crippen molar-refractivity contribution in [2.45, 2.75) is 4.90 Å². The largest absolute Gasteiger partial charge is 0.368 e. The van der Waals surface area contributed by atoms with Crippen molar-refractivity contribution in [3.63, 3.8) is 0 Å². The first-order valence-electron chi connectivity index (χ1n) is 4.21. The standard InChI is InChI=1S/C10H8O3S2/c11-15(12,9-5-2-1-3-6-9)13-10-7-4-8-14-10/h1-8H. The Kier molecular flexibility index (Phi) is 2.75. The van der Waals surface area contributed by atoms with Gasteiger partial charge in [-0.3, -0.25) is 0 Å². The Balaban J connectivity index is 2.29. The zero-order chi connectivity index (χ0) is 10.7. The van der Waals surface area contributed by atoms with Gasteiger partial charge in [0.05, 0.1) is 0 Å². The topological polar surface area (TPSA) is 43.4 Å². The zero-order valence-corrected chi connectivity index (χ0v) is 9.29. The predicted molar refractivity (Wildman–Crippen MR) is 58.6 cm³/mol. The lowest BCUT2D eigenvalue weighted by molar-refractivity contribution is 0.492. The van der Waals surface area contributed by atoms with Crippen molar-refractivity contribution in [2.75, 3.05) is 0 Å². The molecule has 1 heterocycles. The van der Waals surface area contributed by atoms with E-state index in [9.17, 15) is 8.42 Å². The summed E-state index contributed by atoms with van der Waals surface area (Å²) in [5, 5.41) is 2.13. The van der Waals surface area contributed by atoms with Gasteiger partial charge in [-0.25, -0.2) is 0 Å². The highest BCUT2D eigenvalue weighted by Gasteiger charge is 2.15. The van der Waals surface area contributed by atoms with Gasteiger partial charge in [0.15, 0.2) is 5.06 Å². The Morgan fingerprint density at radius 3 is 2.33 bits per heavy atom. The van der Waals surface area contributed by atoms with Gasteiger partial charge in [0, 0.05) is 0 Å². The molecule has 2 rings (SSSR count). The highest BCUT2D eigenvalue weighted by Crippen LogP contribution is 2.23. The van der Waals surface area contributed by atoms with E-state index in [-0.39, 0.29) is 4.90 Å². The zero-order valence-electron chi connectivity index (χ0n) is 7.66. The van der Waals surface area contributed by atoms with Crippen LogP contribution in [0.15, 0.2) is 52.7 Å². The second-order valence-electron chi connectivity index (χ2n) is 2.78. The van der Waals surface area contributed by atoms with Crippen LogP contribution in [0.25, 0.3) is 0 Å². The first kappa shape index (κ1) is 10.2. The fourth-order valence-electron chi connectivity index (χ4n) is 1.05. The van der Waals surface area contributed by atoms with Gasteiger partial charge in [-0.15, -0.1) is 11.3 Å². The van der Waals surface area contributed by atoms with Crippen LogP contribution >= 0.6 is 11.3 Å². The molecule has 15 heavy (non-hydrogen) atoms. The van der Waals surface area contributed by atoms with Gasteiger partial charge in [0.1, 0.15) is 4.90 Å². The summed E-state index contributed by atoms with van der Waals surface area (Å²) >= 11 is 1.24. The molecule has 78 valence electrons. The number of thiophene rings is 1. The minimum Gasteiger partial charge on any atom is -0.368 e. The van der Waals surface area contributed by atoms with Gasteiger partial charge in [-0.05, 0) is 29.6 Å². The molecule has 0 saturated carbocycles. The number of rotatable bonds is 3. The Bertz CT molecular complexity index is 515. The van der Waals surface area contributed by atoms with Crippen LogP contribution in [-0.2, 0) is 10.1 Å². The summed E-state index contributed by atoms with van der Waals surface area (Å²) in [5.74, 6) is 0. The van der Waals surface area contributed by atoms with Crippen molar-refractivity contribution in [1.29, 1.82) is 0 Å². The molecule has 0 bridgehead atoms. The van der Waals surface area contributed by atoms with E-state index in [1.807, 2.05) is 0 Å². The molecule has 0 radical (unpaired) electrons. The minimum atomic E-state index is -3.67. The van der Waals surface area contributed by atoms with E-state index in [0.717, 1.165) is 0 Å². The predicted octanol–water partition coefficient (Wildman–Crippen LogP) is 2.52. The molecule has 1 aromatic heterocycles. The molecule has 1 aromatic carbocycles. The number of benzene rings is 1. The molecule has 0 spiro atoms. The van der Waals surface area contributed by atoms with Crippen molar-refractivity contribution in [3.05, 3.63) is 47.8 Å². The van der Waals surface area contributed by atoms with Crippen LogP contribution in [0.5, 0.6) is 5.06 Å². The second-order valence-corrected chi connectivity index (χ2v) is 5.24. The summed E-state index contributed by atoms with van der Waals surface area (Å²) in [4.78, 5) is 0.165. The van der Waals surface area contributed by atoms with Gasteiger partial charge < -0.3 is 4.18 Å². The molecule has 0 aliphatic rings.